The van der Waals surface area contributed by atoms with Gasteiger partial charge in [0.25, 0.3) is 0 Å². The highest BCUT2D eigenvalue weighted by Crippen LogP contribution is 2.38. The summed E-state index contributed by atoms with van der Waals surface area (Å²) in [5, 5.41) is 4.32. The number of carbonyl (C=O) groups excluding carboxylic acids is 1. The maximum atomic E-state index is 13.3. The van der Waals surface area contributed by atoms with E-state index in [1.807, 2.05) is 45.0 Å². The molecule has 0 aliphatic heterocycles. The van der Waals surface area contributed by atoms with Crippen molar-refractivity contribution in [1.82, 2.24) is 9.13 Å². The summed E-state index contributed by atoms with van der Waals surface area (Å²) in [5.74, 6) is 0. The fourth-order valence-electron chi connectivity index (χ4n) is 4.79. The van der Waals surface area contributed by atoms with E-state index in [4.69, 9.17) is 4.74 Å². The Bertz CT molecular complexity index is 1680. The first-order chi connectivity index (χ1) is 15.9. The molecule has 0 N–H and O–H groups in total. The molecule has 2 aromatic heterocycles. The number of hydrogen-bond acceptors (Lipinski definition) is 2. The van der Waals surface area contributed by atoms with Crippen molar-refractivity contribution in [3.8, 4) is 5.69 Å². The van der Waals surface area contributed by atoms with Crippen LogP contribution in [0.15, 0.2) is 91.0 Å². The molecule has 6 aromatic rings. The maximum absolute atomic E-state index is 13.3. The van der Waals surface area contributed by atoms with Gasteiger partial charge in [-0.2, -0.15) is 0 Å². The molecule has 0 unspecified atom stereocenters. The van der Waals surface area contributed by atoms with Crippen LogP contribution < -0.4 is 0 Å². The summed E-state index contributed by atoms with van der Waals surface area (Å²) in [6.45, 7) is 5.68. The largest absolute Gasteiger partial charge is 0.443 e. The zero-order valence-electron chi connectivity index (χ0n) is 18.9. The van der Waals surface area contributed by atoms with E-state index in [-0.39, 0.29) is 6.09 Å². The Morgan fingerprint density at radius 1 is 0.636 bits per heavy atom. The second-order valence-electron chi connectivity index (χ2n) is 9.41. The SMILES string of the molecule is CC(C)(C)OC(=O)n1c2ccccc2c2cc3c(cc21)c1ccccc1n3-c1ccccc1. The van der Waals surface area contributed by atoms with Gasteiger partial charge in [0.2, 0.25) is 0 Å². The third-order valence-electron chi connectivity index (χ3n) is 6.06. The van der Waals surface area contributed by atoms with Crippen LogP contribution in [-0.2, 0) is 4.74 Å². The topological polar surface area (TPSA) is 36.2 Å². The van der Waals surface area contributed by atoms with E-state index in [1.165, 1.54) is 0 Å². The Morgan fingerprint density at radius 2 is 1.18 bits per heavy atom. The first-order valence-electron chi connectivity index (χ1n) is 11.2. The van der Waals surface area contributed by atoms with Gasteiger partial charge in [-0.3, -0.25) is 0 Å². The van der Waals surface area contributed by atoms with E-state index in [2.05, 4.69) is 71.3 Å². The molecule has 6 rings (SSSR count). The van der Waals surface area contributed by atoms with Crippen molar-refractivity contribution in [3.05, 3.63) is 91.0 Å². The highest BCUT2D eigenvalue weighted by molar-refractivity contribution is 6.20. The molecule has 2 heterocycles. The van der Waals surface area contributed by atoms with Crippen molar-refractivity contribution < 1.29 is 9.53 Å². The van der Waals surface area contributed by atoms with E-state index in [0.717, 1.165) is 49.3 Å². The quantitative estimate of drug-likeness (QED) is 0.267. The van der Waals surface area contributed by atoms with Crippen LogP contribution in [0.1, 0.15) is 20.8 Å². The average molecular weight is 433 g/mol. The Morgan fingerprint density at radius 3 is 1.88 bits per heavy atom. The Labute approximate surface area is 191 Å². The van der Waals surface area contributed by atoms with Crippen LogP contribution >= 0.6 is 0 Å². The molecule has 33 heavy (non-hydrogen) atoms. The predicted molar refractivity (Wildman–Crippen MR) is 135 cm³/mol. The summed E-state index contributed by atoms with van der Waals surface area (Å²) >= 11 is 0. The Hall–Kier alpha value is -4.05. The van der Waals surface area contributed by atoms with Gasteiger partial charge in [0.05, 0.1) is 22.1 Å². The summed E-state index contributed by atoms with van der Waals surface area (Å²) in [6.07, 6.45) is -0.361. The van der Waals surface area contributed by atoms with E-state index < -0.39 is 5.60 Å². The van der Waals surface area contributed by atoms with Crippen molar-refractivity contribution in [2.75, 3.05) is 0 Å². The van der Waals surface area contributed by atoms with Gasteiger partial charge in [0.15, 0.2) is 0 Å². The lowest BCUT2D eigenvalue weighted by atomic mass is 10.1. The first-order valence-corrected chi connectivity index (χ1v) is 11.2. The molecule has 162 valence electrons. The molecule has 0 amide bonds. The molecule has 0 saturated heterocycles. The summed E-state index contributed by atoms with van der Waals surface area (Å²) in [5.41, 5.74) is 4.49. The van der Waals surface area contributed by atoms with Crippen LogP contribution in [-0.4, -0.2) is 20.8 Å². The fraction of sp³-hybridized carbons (Fsp3) is 0.138. The van der Waals surface area contributed by atoms with Gasteiger partial charge in [0, 0.05) is 27.2 Å². The second kappa shape index (κ2) is 6.97. The molecule has 0 aliphatic carbocycles. The number of nitrogens with zero attached hydrogens (tertiary/aromatic N) is 2. The molecular formula is C29H24N2O2. The van der Waals surface area contributed by atoms with Crippen LogP contribution in [0.25, 0.3) is 49.3 Å². The summed E-state index contributed by atoms with van der Waals surface area (Å²) in [4.78, 5) is 13.3. The number of carbonyl (C=O) groups is 1. The monoisotopic (exact) mass is 432 g/mol. The smallest absolute Gasteiger partial charge is 0.419 e. The third kappa shape index (κ3) is 3.02. The van der Waals surface area contributed by atoms with Crippen LogP contribution in [0.4, 0.5) is 4.79 Å². The van der Waals surface area contributed by atoms with Crippen molar-refractivity contribution in [2.45, 2.75) is 26.4 Å². The van der Waals surface area contributed by atoms with Gasteiger partial charge in [-0.25, -0.2) is 9.36 Å². The molecule has 4 nitrogen and oxygen atoms in total. The third-order valence-corrected chi connectivity index (χ3v) is 6.06. The fourth-order valence-corrected chi connectivity index (χ4v) is 4.79. The van der Waals surface area contributed by atoms with Crippen molar-refractivity contribution in [3.63, 3.8) is 0 Å². The van der Waals surface area contributed by atoms with Gasteiger partial charge in [-0.15, -0.1) is 0 Å². The van der Waals surface area contributed by atoms with Crippen molar-refractivity contribution >= 4 is 49.7 Å². The Kier molecular flexibility index (Phi) is 4.15. The standard InChI is InChI=1S/C29H24N2O2/c1-29(2,3)33-28(32)31-25-16-10-8-14-21(25)23-17-26-22(18-27(23)31)20-13-7-9-15-24(20)30(26)19-11-5-4-6-12-19/h4-18H,1-3H3. The molecule has 4 aromatic carbocycles. The van der Waals surface area contributed by atoms with Crippen LogP contribution in [0.2, 0.25) is 0 Å². The molecule has 0 saturated carbocycles. The van der Waals surface area contributed by atoms with Crippen LogP contribution in [0.3, 0.4) is 0 Å². The van der Waals surface area contributed by atoms with E-state index in [9.17, 15) is 4.79 Å². The zero-order valence-corrected chi connectivity index (χ0v) is 18.9. The number of aromatic nitrogens is 2. The Balaban J connectivity index is 1.76. The molecule has 0 bridgehead atoms. The van der Waals surface area contributed by atoms with Crippen LogP contribution in [0, 0.1) is 0 Å². The molecule has 0 atom stereocenters. The lowest BCUT2D eigenvalue weighted by Gasteiger charge is -2.20. The summed E-state index contributed by atoms with van der Waals surface area (Å²) in [7, 11) is 0. The van der Waals surface area contributed by atoms with E-state index >= 15 is 0 Å². The molecule has 4 heteroatoms. The minimum atomic E-state index is -0.581. The summed E-state index contributed by atoms with van der Waals surface area (Å²) in [6, 6.07) is 31.2. The molecule has 0 spiro atoms. The molecule has 0 aliphatic rings. The highest BCUT2D eigenvalue weighted by atomic mass is 16.6. The van der Waals surface area contributed by atoms with Gasteiger partial charge < -0.3 is 9.30 Å². The number of ether oxygens (including phenoxy) is 1. The van der Waals surface area contributed by atoms with Crippen molar-refractivity contribution in [2.24, 2.45) is 0 Å². The van der Waals surface area contributed by atoms with Gasteiger partial charge in [-0.05, 0) is 57.2 Å². The lowest BCUT2D eigenvalue weighted by molar-refractivity contribution is 0.0551. The number of rotatable bonds is 1. The maximum Gasteiger partial charge on any atom is 0.419 e. The normalized spacial score (nSPS) is 12.2. The number of fused-ring (bicyclic) bond motifs is 6. The number of benzene rings is 4. The molecule has 0 radical (unpaired) electrons. The summed E-state index contributed by atoms with van der Waals surface area (Å²) < 4.78 is 9.80. The predicted octanol–water partition coefficient (Wildman–Crippen LogP) is 7.67. The van der Waals surface area contributed by atoms with Crippen molar-refractivity contribution in [1.29, 1.82) is 0 Å². The molecular weight excluding hydrogens is 408 g/mol. The lowest BCUT2D eigenvalue weighted by Crippen LogP contribution is -2.27. The van der Waals surface area contributed by atoms with E-state index in [1.54, 1.807) is 4.57 Å². The minimum Gasteiger partial charge on any atom is -0.443 e. The first kappa shape index (κ1) is 19.6. The minimum absolute atomic E-state index is 0.361. The number of para-hydroxylation sites is 3. The van der Waals surface area contributed by atoms with Gasteiger partial charge in [0.1, 0.15) is 5.60 Å². The molecule has 0 fully saturated rings. The zero-order chi connectivity index (χ0) is 22.7. The van der Waals surface area contributed by atoms with Gasteiger partial charge >= 0.3 is 6.09 Å². The average Bonchev–Trinajstić information content (AvgIpc) is 3.29. The van der Waals surface area contributed by atoms with Crippen LogP contribution in [0.5, 0.6) is 0 Å². The van der Waals surface area contributed by atoms with Gasteiger partial charge in [-0.1, -0.05) is 54.6 Å². The second-order valence-corrected chi connectivity index (χ2v) is 9.41. The number of hydrogen-bond donors (Lipinski definition) is 0. The highest BCUT2D eigenvalue weighted by Gasteiger charge is 2.23. The van der Waals surface area contributed by atoms with E-state index in [0.29, 0.717) is 0 Å².